The molecule has 1 saturated heterocycles. The Hall–Kier alpha value is -5.25. The van der Waals surface area contributed by atoms with E-state index in [2.05, 4.69) is 4.98 Å². The molecule has 0 aliphatic carbocycles. The van der Waals surface area contributed by atoms with Gasteiger partial charge in [-0.05, 0) is 42.7 Å². The van der Waals surface area contributed by atoms with Gasteiger partial charge >= 0.3 is 10.0 Å². The Morgan fingerprint density at radius 2 is 1.71 bits per heavy atom. The molecule has 6 aromatic rings. The van der Waals surface area contributed by atoms with Crippen LogP contribution in [0.5, 0.6) is 5.75 Å². The summed E-state index contributed by atoms with van der Waals surface area (Å²) in [6.07, 6.45) is 3.94. The Kier molecular flexibility index (Phi) is 6.80. The second-order valence-electron chi connectivity index (χ2n) is 11.0. The van der Waals surface area contributed by atoms with Gasteiger partial charge in [-0.3, -0.25) is 0 Å². The maximum Gasteiger partial charge on any atom is 0.302 e. The predicted octanol–water partition coefficient (Wildman–Crippen LogP) is 6.14. The number of rotatable bonds is 5. The lowest BCUT2D eigenvalue weighted by molar-refractivity contribution is 0.475. The summed E-state index contributed by atoms with van der Waals surface area (Å²) >= 11 is 0. The van der Waals surface area contributed by atoms with Crippen molar-refractivity contribution in [2.24, 2.45) is 5.73 Å². The summed E-state index contributed by atoms with van der Waals surface area (Å²) in [7, 11) is -4.41. The molecule has 12 heteroatoms. The first-order valence-corrected chi connectivity index (χ1v) is 15.6. The van der Waals surface area contributed by atoms with Gasteiger partial charge in [-0.2, -0.15) is 13.7 Å². The van der Waals surface area contributed by atoms with Gasteiger partial charge in [0.25, 0.3) is 0 Å². The summed E-state index contributed by atoms with van der Waals surface area (Å²) in [5.74, 6) is -1.93. The number of anilines is 1. The van der Waals surface area contributed by atoms with Crippen molar-refractivity contribution < 1.29 is 26.7 Å². The van der Waals surface area contributed by atoms with Gasteiger partial charge < -0.3 is 20.2 Å². The van der Waals surface area contributed by atoms with Crippen molar-refractivity contribution in [2.45, 2.75) is 24.0 Å². The highest BCUT2D eigenvalue weighted by molar-refractivity contribution is 7.90. The lowest BCUT2D eigenvalue weighted by atomic mass is 9.95. The topological polar surface area (TPSA) is 138 Å². The van der Waals surface area contributed by atoms with Crippen LogP contribution in [0.25, 0.3) is 44.3 Å². The number of aromatic nitrogens is 2. The van der Waals surface area contributed by atoms with Crippen molar-refractivity contribution in [3.05, 3.63) is 96.3 Å². The van der Waals surface area contributed by atoms with Crippen LogP contribution in [0, 0.1) is 23.0 Å². The van der Waals surface area contributed by atoms with E-state index in [0.29, 0.717) is 53.5 Å². The van der Waals surface area contributed by atoms with E-state index >= 15 is 0 Å². The van der Waals surface area contributed by atoms with Crippen LogP contribution in [0.15, 0.2) is 88.6 Å². The van der Waals surface area contributed by atoms with E-state index in [4.69, 9.17) is 10.2 Å². The molecule has 0 amide bonds. The van der Waals surface area contributed by atoms with Gasteiger partial charge in [0.15, 0.2) is 5.65 Å². The minimum Gasteiger partial charge on any atom is -0.506 e. The molecule has 0 unspecified atom stereocenters. The van der Waals surface area contributed by atoms with Gasteiger partial charge in [-0.15, -0.1) is 0 Å². The van der Waals surface area contributed by atoms with E-state index < -0.39 is 21.7 Å². The average molecular weight is 626 g/mol. The lowest BCUT2D eigenvalue weighted by Crippen LogP contribution is -2.40. The van der Waals surface area contributed by atoms with E-state index in [1.165, 1.54) is 36.7 Å². The van der Waals surface area contributed by atoms with Crippen LogP contribution < -0.4 is 10.6 Å². The molecule has 0 radical (unpaired) electrons. The van der Waals surface area contributed by atoms with E-state index in [0.717, 1.165) is 10.0 Å². The maximum absolute atomic E-state index is 14.5. The summed E-state index contributed by atoms with van der Waals surface area (Å²) in [4.78, 5) is 6.54. The molecule has 0 atom stereocenters. The predicted molar refractivity (Wildman–Crippen MR) is 165 cm³/mol. The number of piperidine rings is 1. The SMILES string of the molecule is N#Cc1cccc(-c2cn(S(=O)(=O)c3cc4ccccc4o3)c3ncc(-c4cc(F)cc(F)c4)c(N4CCC(N)CC4)c23)c1O. The third kappa shape index (κ3) is 4.77. The van der Waals surface area contributed by atoms with Crippen LogP contribution in [0.1, 0.15) is 18.4 Å². The first-order valence-electron chi connectivity index (χ1n) is 14.1. The Bertz CT molecular complexity index is 2230. The molecule has 4 heterocycles. The van der Waals surface area contributed by atoms with Gasteiger partial charge in [0.05, 0.1) is 16.6 Å². The quantitative estimate of drug-likeness (QED) is 0.233. The number of phenolic OH excluding ortho intramolecular Hbond substituents is 1. The zero-order valence-corrected chi connectivity index (χ0v) is 24.4. The number of furan rings is 1. The third-order valence-corrected chi connectivity index (χ3v) is 9.65. The molecular weight excluding hydrogens is 600 g/mol. The first kappa shape index (κ1) is 28.5. The number of para-hydroxylation sites is 2. The number of hydrogen-bond donors (Lipinski definition) is 2. The molecule has 3 aromatic carbocycles. The van der Waals surface area contributed by atoms with E-state index in [-0.39, 0.29) is 44.8 Å². The number of benzene rings is 3. The second-order valence-corrected chi connectivity index (χ2v) is 12.7. The van der Waals surface area contributed by atoms with Crippen molar-refractivity contribution in [3.63, 3.8) is 0 Å². The summed E-state index contributed by atoms with van der Waals surface area (Å²) in [6.45, 7) is 0.937. The number of pyridine rings is 1. The fraction of sp³-hybridized carbons (Fsp3) is 0.152. The smallest absolute Gasteiger partial charge is 0.302 e. The lowest BCUT2D eigenvalue weighted by Gasteiger charge is -2.34. The number of phenols is 1. The van der Waals surface area contributed by atoms with Crippen LogP contribution in [-0.4, -0.2) is 41.6 Å². The summed E-state index contributed by atoms with van der Waals surface area (Å²) in [6, 6.07) is 17.9. The normalized spacial score (nSPS) is 14.3. The third-order valence-electron chi connectivity index (χ3n) is 8.15. The summed E-state index contributed by atoms with van der Waals surface area (Å²) in [5.41, 5.74) is 8.00. The molecule has 226 valence electrons. The number of fused-ring (bicyclic) bond motifs is 2. The number of hydrogen-bond acceptors (Lipinski definition) is 8. The number of nitriles is 1. The zero-order chi connectivity index (χ0) is 31.5. The van der Waals surface area contributed by atoms with Crippen LogP contribution in [0.2, 0.25) is 0 Å². The van der Waals surface area contributed by atoms with Crippen LogP contribution in [0.4, 0.5) is 14.5 Å². The standard InChI is InChI=1S/C33H25F2N5O4S/c34-22-12-21(13-23(35)15-22)26-17-38-33-30(31(26)39-10-8-24(37)9-11-39)27(25-6-3-5-20(16-36)32(25)41)18-40(33)45(42,43)29-14-19-4-1-2-7-28(19)44-29/h1-7,12-15,17-18,24,41H,8-11,37H2. The number of aromatic hydroxyl groups is 1. The van der Waals surface area contributed by atoms with Crippen molar-refractivity contribution in [1.29, 1.82) is 5.26 Å². The molecule has 0 spiro atoms. The van der Waals surface area contributed by atoms with Gasteiger partial charge in [0.2, 0.25) is 5.09 Å². The molecule has 1 aliphatic heterocycles. The Labute approximate surface area is 256 Å². The van der Waals surface area contributed by atoms with Crippen molar-refractivity contribution >= 4 is 37.7 Å². The van der Waals surface area contributed by atoms with Crippen molar-refractivity contribution in [1.82, 2.24) is 8.96 Å². The van der Waals surface area contributed by atoms with Crippen LogP contribution in [-0.2, 0) is 10.0 Å². The summed E-state index contributed by atoms with van der Waals surface area (Å²) < 4.78 is 64.2. The minimum absolute atomic E-state index is 0.00212. The monoisotopic (exact) mass is 625 g/mol. The molecule has 1 aliphatic rings. The van der Waals surface area contributed by atoms with Crippen molar-refractivity contribution in [3.8, 4) is 34.1 Å². The fourth-order valence-corrected chi connectivity index (χ4v) is 7.22. The van der Waals surface area contributed by atoms with E-state index in [9.17, 15) is 27.6 Å². The highest BCUT2D eigenvalue weighted by Gasteiger charge is 2.32. The minimum atomic E-state index is -4.41. The highest BCUT2D eigenvalue weighted by Crippen LogP contribution is 2.46. The van der Waals surface area contributed by atoms with Crippen LogP contribution >= 0.6 is 0 Å². The number of nitrogens with two attached hydrogens (primary N) is 1. The first-order chi connectivity index (χ1) is 21.7. The fourth-order valence-electron chi connectivity index (χ4n) is 5.94. The molecule has 3 aromatic heterocycles. The van der Waals surface area contributed by atoms with Crippen molar-refractivity contribution in [2.75, 3.05) is 18.0 Å². The molecule has 0 saturated carbocycles. The second kappa shape index (κ2) is 10.7. The molecule has 7 rings (SSSR count). The Morgan fingerprint density at radius 3 is 2.42 bits per heavy atom. The Morgan fingerprint density at radius 1 is 0.978 bits per heavy atom. The highest BCUT2D eigenvalue weighted by atomic mass is 32.2. The zero-order valence-electron chi connectivity index (χ0n) is 23.6. The molecule has 0 bridgehead atoms. The molecule has 3 N–H and O–H groups in total. The van der Waals surface area contributed by atoms with Gasteiger partial charge in [-0.1, -0.05) is 30.3 Å². The number of halogens is 2. The molecule has 1 fully saturated rings. The summed E-state index contributed by atoms with van der Waals surface area (Å²) in [5, 5.41) is 21.4. The average Bonchev–Trinajstić information content (AvgIpc) is 3.64. The number of nitrogens with zero attached hydrogens (tertiary/aromatic N) is 4. The van der Waals surface area contributed by atoms with E-state index in [1.54, 1.807) is 36.4 Å². The van der Waals surface area contributed by atoms with Crippen LogP contribution in [0.3, 0.4) is 0 Å². The van der Waals surface area contributed by atoms with Gasteiger partial charge in [-0.25, -0.2) is 17.7 Å². The molecule has 45 heavy (non-hydrogen) atoms. The van der Waals surface area contributed by atoms with Gasteiger partial charge in [0, 0.05) is 65.7 Å². The molecular formula is C33H25F2N5O4S. The van der Waals surface area contributed by atoms with Gasteiger partial charge in [0.1, 0.15) is 29.0 Å². The maximum atomic E-state index is 14.5. The Balaban J connectivity index is 1.59. The molecule has 9 nitrogen and oxygen atoms in total. The van der Waals surface area contributed by atoms with E-state index in [1.807, 2.05) is 11.0 Å². The largest absolute Gasteiger partial charge is 0.506 e.